The second kappa shape index (κ2) is 4.89. The highest BCUT2D eigenvalue weighted by Gasteiger charge is 2.46. The average molecular weight is 260 g/mol. The van der Waals surface area contributed by atoms with Crippen LogP contribution in [0, 0.1) is 5.41 Å². The molecule has 1 unspecified atom stereocenters. The zero-order valence-electron chi connectivity index (χ0n) is 11.3. The van der Waals surface area contributed by atoms with E-state index in [1.54, 1.807) is 18.6 Å². The third-order valence-corrected chi connectivity index (χ3v) is 4.52. The molecule has 1 aromatic heterocycles. The van der Waals surface area contributed by atoms with Crippen molar-refractivity contribution in [3.8, 4) is 0 Å². The van der Waals surface area contributed by atoms with Crippen LogP contribution in [0.3, 0.4) is 0 Å². The van der Waals surface area contributed by atoms with E-state index in [-0.39, 0.29) is 11.9 Å². The van der Waals surface area contributed by atoms with Gasteiger partial charge in [-0.3, -0.25) is 14.7 Å². The van der Waals surface area contributed by atoms with Crippen LogP contribution in [0.5, 0.6) is 0 Å². The molecule has 19 heavy (non-hydrogen) atoms. The lowest BCUT2D eigenvalue weighted by Crippen LogP contribution is -2.37. The number of likely N-dealkylation sites (tertiary alicyclic amines) is 1. The maximum Gasteiger partial charge on any atom is 0.242 e. The van der Waals surface area contributed by atoms with Gasteiger partial charge in [-0.15, -0.1) is 0 Å². The molecule has 1 amide bonds. The van der Waals surface area contributed by atoms with Crippen LogP contribution < -0.4 is 5.32 Å². The fraction of sp³-hybridized carbons (Fsp3) is 0.643. The summed E-state index contributed by atoms with van der Waals surface area (Å²) in [6.07, 6.45) is 10.9. The number of aromatic nitrogens is 2. The van der Waals surface area contributed by atoms with Crippen LogP contribution in [-0.4, -0.2) is 40.4 Å². The number of nitrogens with one attached hydrogen (secondary N) is 1. The molecule has 1 aromatic rings. The number of amides is 1. The van der Waals surface area contributed by atoms with E-state index in [2.05, 4.69) is 20.2 Å². The Hall–Kier alpha value is -1.49. The first-order valence-electron chi connectivity index (χ1n) is 6.96. The number of carbonyl (C=O) groups is 1. The molecule has 5 nitrogen and oxygen atoms in total. The Kier molecular flexibility index (Phi) is 3.22. The minimum absolute atomic E-state index is 0.0277. The maximum atomic E-state index is 12.3. The smallest absolute Gasteiger partial charge is 0.242 e. The van der Waals surface area contributed by atoms with Crippen molar-refractivity contribution in [1.29, 1.82) is 0 Å². The molecule has 1 spiro atoms. The summed E-state index contributed by atoms with van der Waals surface area (Å²) in [5.41, 5.74) is 0.388. The second-order valence-corrected chi connectivity index (χ2v) is 5.92. The number of hydrogen-bond donors (Lipinski definition) is 1. The van der Waals surface area contributed by atoms with Gasteiger partial charge >= 0.3 is 0 Å². The van der Waals surface area contributed by atoms with Crippen molar-refractivity contribution in [1.82, 2.24) is 14.9 Å². The zero-order chi connectivity index (χ0) is 13.3. The molecule has 2 fully saturated rings. The minimum Gasteiger partial charge on any atom is -0.308 e. The Morgan fingerprint density at radius 3 is 2.89 bits per heavy atom. The molecule has 0 bridgehead atoms. The van der Waals surface area contributed by atoms with Crippen molar-refractivity contribution in [3.63, 3.8) is 0 Å². The van der Waals surface area contributed by atoms with Gasteiger partial charge in [0.2, 0.25) is 5.91 Å². The highest BCUT2D eigenvalue weighted by Crippen LogP contribution is 2.47. The van der Waals surface area contributed by atoms with E-state index >= 15 is 0 Å². The van der Waals surface area contributed by atoms with Crippen molar-refractivity contribution >= 4 is 11.7 Å². The van der Waals surface area contributed by atoms with E-state index < -0.39 is 0 Å². The summed E-state index contributed by atoms with van der Waals surface area (Å²) < 4.78 is 0. The standard InChI is InChI=1S/C14H20N4O/c1-18-10-14(4-2-3-5-14)8-11(18)13(19)17-12-9-15-6-7-16-12/h6-7,9,11H,2-5,8,10H2,1H3,(H,16,17,19). The highest BCUT2D eigenvalue weighted by atomic mass is 16.2. The first-order chi connectivity index (χ1) is 9.19. The Morgan fingerprint density at radius 1 is 1.42 bits per heavy atom. The van der Waals surface area contributed by atoms with E-state index in [0.717, 1.165) is 13.0 Å². The third kappa shape index (κ3) is 2.47. The largest absolute Gasteiger partial charge is 0.308 e. The van der Waals surface area contributed by atoms with Gasteiger partial charge in [-0.1, -0.05) is 12.8 Å². The van der Waals surface area contributed by atoms with Crippen molar-refractivity contribution in [3.05, 3.63) is 18.6 Å². The van der Waals surface area contributed by atoms with Crippen LogP contribution in [0.2, 0.25) is 0 Å². The van der Waals surface area contributed by atoms with Gasteiger partial charge < -0.3 is 5.32 Å². The number of hydrogen-bond acceptors (Lipinski definition) is 4. The van der Waals surface area contributed by atoms with Gasteiger partial charge in [0.05, 0.1) is 12.2 Å². The molecule has 1 saturated heterocycles. The number of nitrogens with zero attached hydrogens (tertiary/aromatic N) is 3. The van der Waals surface area contributed by atoms with E-state index in [9.17, 15) is 4.79 Å². The number of rotatable bonds is 2. The maximum absolute atomic E-state index is 12.3. The summed E-state index contributed by atoms with van der Waals surface area (Å²) in [4.78, 5) is 22.6. The second-order valence-electron chi connectivity index (χ2n) is 5.92. The Bertz CT molecular complexity index is 456. The lowest BCUT2D eigenvalue weighted by molar-refractivity contribution is -0.120. The molecule has 1 aliphatic heterocycles. The normalized spacial score (nSPS) is 25.8. The Labute approximate surface area is 113 Å². The van der Waals surface area contributed by atoms with Crippen LogP contribution in [0.25, 0.3) is 0 Å². The van der Waals surface area contributed by atoms with Crippen LogP contribution in [0.1, 0.15) is 32.1 Å². The molecule has 3 rings (SSSR count). The quantitative estimate of drug-likeness (QED) is 0.879. The van der Waals surface area contributed by atoms with E-state index in [4.69, 9.17) is 0 Å². The number of likely N-dealkylation sites (N-methyl/N-ethyl adjacent to an activating group) is 1. The van der Waals surface area contributed by atoms with Crippen molar-refractivity contribution < 1.29 is 4.79 Å². The number of carbonyl (C=O) groups excluding carboxylic acids is 1. The number of anilines is 1. The van der Waals surface area contributed by atoms with E-state index in [1.807, 2.05) is 7.05 Å². The Balaban J connectivity index is 1.67. The molecule has 1 atom stereocenters. The van der Waals surface area contributed by atoms with Crippen LogP contribution in [0.4, 0.5) is 5.82 Å². The monoisotopic (exact) mass is 260 g/mol. The molecule has 2 aliphatic rings. The molecule has 0 aromatic carbocycles. The first kappa shape index (κ1) is 12.5. The molecule has 0 radical (unpaired) electrons. The predicted octanol–water partition coefficient (Wildman–Crippen LogP) is 1.68. The lowest BCUT2D eigenvalue weighted by Gasteiger charge is -2.21. The van der Waals surface area contributed by atoms with E-state index in [1.165, 1.54) is 25.7 Å². The first-order valence-corrected chi connectivity index (χ1v) is 6.96. The SMILES string of the molecule is CN1CC2(CCCC2)CC1C(=O)Nc1cnccn1. The summed E-state index contributed by atoms with van der Waals surface area (Å²) in [5, 5.41) is 2.87. The van der Waals surface area contributed by atoms with Gasteiger partial charge in [0.25, 0.3) is 0 Å². The molecule has 5 heteroatoms. The Morgan fingerprint density at radius 2 is 2.21 bits per heavy atom. The summed E-state index contributed by atoms with van der Waals surface area (Å²) in [7, 11) is 2.05. The summed E-state index contributed by atoms with van der Waals surface area (Å²) in [6.45, 7) is 1.05. The topological polar surface area (TPSA) is 58.1 Å². The molecule has 1 aliphatic carbocycles. The van der Waals surface area contributed by atoms with Gasteiger partial charge in [0.1, 0.15) is 0 Å². The minimum atomic E-state index is -0.0277. The third-order valence-electron chi connectivity index (χ3n) is 4.52. The van der Waals surface area contributed by atoms with Gasteiger partial charge in [-0.2, -0.15) is 0 Å². The fourth-order valence-electron chi connectivity index (χ4n) is 3.62. The summed E-state index contributed by atoms with van der Waals surface area (Å²) >= 11 is 0. The van der Waals surface area contributed by atoms with Gasteiger partial charge in [-0.25, -0.2) is 4.98 Å². The molecule has 1 saturated carbocycles. The average Bonchev–Trinajstić information content (AvgIpc) is 2.98. The van der Waals surface area contributed by atoms with Gasteiger partial charge in [-0.05, 0) is 31.7 Å². The molecule has 2 heterocycles. The molecule has 102 valence electrons. The van der Waals surface area contributed by atoms with Crippen molar-refractivity contribution in [2.45, 2.75) is 38.1 Å². The molecular weight excluding hydrogens is 240 g/mol. The lowest BCUT2D eigenvalue weighted by atomic mass is 9.84. The fourth-order valence-corrected chi connectivity index (χ4v) is 3.62. The van der Waals surface area contributed by atoms with Gasteiger partial charge in [0.15, 0.2) is 5.82 Å². The van der Waals surface area contributed by atoms with E-state index in [0.29, 0.717) is 11.2 Å². The molecular formula is C14H20N4O. The van der Waals surface area contributed by atoms with Gasteiger partial charge in [0, 0.05) is 18.9 Å². The van der Waals surface area contributed by atoms with Crippen LogP contribution >= 0.6 is 0 Å². The van der Waals surface area contributed by atoms with Crippen molar-refractivity contribution in [2.75, 3.05) is 18.9 Å². The predicted molar refractivity (Wildman–Crippen MR) is 72.6 cm³/mol. The zero-order valence-corrected chi connectivity index (χ0v) is 11.3. The van der Waals surface area contributed by atoms with Crippen LogP contribution in [-0.2, 0) is 4.79 Å². The summed E-state index contributed by atoms with van der Waals surface area (Å²) in [6, 6.07) is -0.0277. The van der Waals surface area contributed by atoms with Crippen LogP contribution in [0.15, 0.2) is 18.6 Å². The molecule has 1 N–H and O–H groups in total. The van der Waals surface area contributed by atoms with Crippen molar-refractivity contribution in [2.24, 2.45) is 5.41 Å². The highest BCUT2D eigenvalue weighted by molar-refractivity contribution is 5.94. The summed E-state index contributed by atoms with van der Waals surface area (Å²) in [5.74, 6) is 0.583.